The number of fused-ring (bicyclic) bond motifs is 5. The van der Waals surface area contributed by atoms with Crippen LogP contribution in [-0.4, -0.2) is 25.0 Å². The highest BCUT2D eigenvalue weighted by Crippen LogP contribution is 2.65. The predicted octanol–water partition coefficient (Wildman–Crippen LogP) is 4.90. The normalized spacial score (nSPS) is 53.2. The van der Waals surface area contributed by atoms with Gasteiger partial charge in [-0.1, -0.05) is 38.2 Å². The number of allylic oxidation sites excluding steroid dienone is 4. The second kappa shape index (κ2) is 4.97. The maximum Gasteiger partial charge on any atom is 0.0146 e. The molecule has 0 aliphatic heterocycles. The molecule has 4 aliphatic rings. The van der Waals surface area contributed by atoms with E-state index in [9.17, 15) is 0 Å². The Bertz CT molecular complexity index is 504. The van der Waals surface area contributed by atoms with E-state index < -0.39 is 0 Å². The van der Waals surface area contributed by atoms with Gasteiger partial charge in [-0.25, -0.2) is 0 Å². The molecule has 0 spiro atoms. The molecule has 22 heavy (non-hydrogen) atoms. The van der Waals surface area contributed by atoms with E-state index in [1.54, 1.807) is 0 Å². The summed E-state index contributed by atoms with van der Waals surface area (Å²) in [5.74, 6) is 3.66. The molecule has 0 heterocycles. The third-order valence-corrected chi connectivity index (χ3v) is 8.33. The Balaban J connectivity index is 1.65. The standard InChI is InChI=1S/C21H33N/c1-20-13-6-5-7-15(20)8-9-16-17-10-11-19(22(3)4)21(17,2)14-12-18(16)20/h5-7,13,15-19H,8-12,14H2,1-4H3/t15?,16-,17-,18-,19-,20-,21-/m0/s1. The highest BCUT2D eigenvalue weighted by molar-refractivity contribution is 5.24. The van der Waals surface area contributed by atoms with Crippen LogP contribution < -0.4 is 0 Å². The lowest BCUT2D eigenvalue weighted by atomic mass is 9.47. The average Bonchev–Trinajstić information content (AvgIpc) is 2.84. The van der Waals surface area contributed by atoms with Crippen molar-refractivity contribution >= 4 is 0 Å². The van der Waals surface area contributed by atoms with E-state index in [1.165, 1.54) is 38.5 Å². The van der Waals surface area contributed by atoms with Crippen LogP contribution in [0.1, 0.15) is 52.4 Å². The molecule has 3 saturated carbocycles. The molecule has 0 saturated heterocycles. The Kier molecular flexibility index (Phi) is 3.39. The number of hydrogen-bond donors (Lipinski definition) is 0. The first-order valence-electron chi connectivity index (χ1n) is 9.49. The van der Waals surface area contributed by atoms with Gasteiger partial charge in [0.1, 0.15) is 0 Å². The van der Waals surface area contributed by atoms with Crippen LogP contribution in [0.2, 0.25) is 0 Å². The van der Waals surface area contributed by atoms with Crippen molar-refractivity contribution in [3.63, 3.8) is 0 Å². The molecular weight excluding hydrogens is 266 g/mol. The Morgan fingerprint density at radius 1 is 0.909 bits per heavy atom. The Hall–Kier alpha value is -0.560. The molecule has 0 bridgehead atoms. The average molecular weight is 300 g/mol. The number of nitrogens with zero attached hydrogens (tertiary/aromatic N) is 1. The minimum Gasteiger partial charge on any atom is -0.306 e. The minimum absolute atomic E-state index is 0.440. The molecule has 0 N–H and O–H groups in total. The molecule has 0 amide bonds. The van der Waals surface area contributed by atoms with Crippen molar-refractivity contribution < 1.29 is 0 Å². The van der Waals surface area contributed by atoms with Crippen molar-refractivity contribution in [1.29, 1.82) is 0 Å². The van der Waals surface area contributed by atoms with E-state index in [0.717, 1.165) is 29.7 Å². The van der Waals surface area contributed by atoms with Crippen molar-refractivity contribution in [2.75, 3.05) is 14.1 Å². The monoisotopic (exact) mass is 299 g/mol. The van der Waals surface area contributed by atoms with Gasteiger partial charge in [0.2, 0.25) is 0 Å². The van der Waals surface area contributed by atoms with Crippen LogP contribution in [0.5, 0.6) is 0 Å². The Morgan fingerprint density at radius 2 is 1.73 bits per heavy atom. The predicted molar refractivity (Wildman–Crippen MR) is 93.6 cm³/mol. The topological polar surface area (TPSA) is 3.24 Å². The lowest BCUT2D eigenvalue weighted by Crippen LogP contribution is -2.53. The summed E-state index contributed by atoms with van der Waals surface area (Å²) in [6, 6.07) is 0.811. The van der Waals surface area contributed by atoms with E-state index in [-0.39, 0.29) is 0 Å². The van der Waals surface area contributed by atoms with Gasteiger partial charge >= 0.3 is 0 Å². The van der Waals surface area contributed by atoms with Crippen LogP contribution in [0.4, 0.5) is 0 Å². The molecule has 1 unspecified atom stereocenters. The van der Waals surface area contributed by atoms with Gasteiger partial charge in [0.15, 0.2) is 0 Å². The second-order valence-corrected chi connectivity index (χ2v) is 9.27. The zero-order chi connectivity index (χ0) is 15.5. The molecule has 4 rings (SSSR count). The molecule has 4 aliphatic carbocycles. The van der Waals surface area contributed by atoms with Gasteiger partial charge < -0.3 is 4.90 Å². The fraction of sp³-hybridized carbons (Fsp3) is 0.810. The van der Waals surface area contributed by atoms with Crippen LogP contribution in [0, 0.1) is 34.5 Å². The van der Waals surface area contributed by atoms with Gasteiger partial charge in [0.05, 0.1) is 0 Å². The van der Waals surface area contributed by atoms with Crippen molar-refractivity contribution in [3.8, 4) is 0 Å². The van der Waals surface area contributed by atoms with E-state index in [0.29, 0.717) is 10.8 Å². The lowest BCUT2D eigenvalue weighted by molar-refractivity contribution is -0.0700. The summed E-state index contributed by atoms with van der Waals surface area (Å²) in [6.07, 6.45) is 18.4. The molecule has 0 aromatic heterocycles. The molecule has 0 radical (unpaired) electrons. The largest absolute Gasteiger partial charge is 0.306 e. The first-order chi connectivity index (χ1) is 10.5. The zero-order valence-corrected chi connectivity index (χ0v) is 14.9. The molecule has 0 aromatic carbocycles. The fourth-order valence-corrected chi connectivity index (χ4v) is 7.25. The lowest BCUT2D eigenvalue weighted by Gasteiger charge is -2.58. The Morgan fingerprint density at radius 3 is 2.50 bits per heavy atom. The number of hydrogen-bond acceptors (Lipinski definition) is 1. The van der Waals surface area contributed by atoms with Gasteiger partial charge in [0, 0.05) is 6.04 Å². The van der Waals surface area contributed by atoms with E-state index in [1.807, 2.05) is 0 Å². The smallest absolute Gasteiger partial charge is 0.0146 e. The summed E-state index contributed by atoms with van der Waals surface area (Å²) >= 11 is 0. The van der Waals surface area contributed by atoms with Crippen LogP contribution in [0.15, 0.2) is 24.3 Å². The quantitative estimate of drug-likeness (QED) is 0.665. The summed E-state index contributed by atoms with van der Waals surface area (Å²) in [4.78, 5) is 2.52. The maximum absolute atomic E-state index is 2.62. The van der Waals surface area contributed by atoms with Gasteiger partial charge in [0.25, 0.3) is 0 Å². The summed E-state index contributed by atoms with van der Waals surface area (Å²) in [6.45, 7) is 5.19. The molecule has 3 fully saturated rings. The highest BCUT2D eigenvalue weighted by Gasteiger charge is 2.59. The third-order valence-electron chi connectivity index (χ3n) is 8.33. The minimum atomic E-state index is 0.440. The zero-order valence-electron chi connectivity index (χ0n) is 14.9. The summed E-state index contributed by atoms with van der Waals surface area (Å²) in [7, 11) is 4.61. The van der Waals surface area contributed by atoms with Gasteiger partial charge in [-0.05, 0) is 87.1 Å². The maximum atomic E-state index is 2.62. The second-order valence-electron chi connectivity index (χ2n) is 9.27. The van der Waals surface area contributed by atoms with Crippen molar-refractivity contribution in [1.82, 2.24) is 4.90 Å². The van der Waals surface area contributed by atoms with Crippen LogP contribution in [-0.2, 0) is 0 Å². The van der Waals surface area contributed by atoms with Gasteiger partial charge in [-0.15, -0.1) is 0 Å². The molecule has 7 atom stereocenters. The highest BCUT2D eigenvalue weighted by atomic mass is 15.1. The van der Waals surface area contributed by atoms with Crippen LogP contribution >= 0.6 is 0 Å². The molecular formula is C21H33N. The number of rotatable bonds is 1. The SMILES string of the molecule is CN(C)[C@H]1CC[C@H]2[C@@H]3CCC4C=CC=C[C@]4(C)[C@H]3CC[C@]12C. The van der Waals surface area contributed by atoms with Crippen molar-refractivity contribution in [3.05, 3.63) is 24.3 Å². The molecule has 0 aromatic rings. The first kappa shape index (κ1) is 15.0. The van der Waals surface area contributed by atoms with Gasteiger partial charge in [-0.2, -0.15) is 0 Å². The third kappa shape index (κ3) is 1.87. The molecule has 1 nitrogen and oxygen atoms in total. The van der Waals surface area contributed by atoms with Gasteiger partial charge in [-0.3, -0.25) is 0 Å². The summed E-state index contributed by atoms with van der Waals surface area (Å²) in [5.41, 5.74) is 1.01. The first-order valence-corrected chi connectivity index (χ1v) is 9.49. The van der Waals surface area contributed by atoms with E-state index in [2.05, 4.69) is 57.1 Å². The van der Waals surface area contributed by atoms with Crippen LogP contribution in [0.3, 0.4) is 0 Å². The van der Waals surface area contributed by atoms with Crippen molar-refractivity contribution in [2.45, 2.75) is 58.4 Å². The van der Waals surface area contributed by atoms with E-state index >= 15 is 0 Å². The molecule has 1 heteroatoms. The van der Waals surface area contributed by atoms with Crippen LogP contribution in [0.25, 0.3) is 0 Å². The molecule has 122 valence electrons. The Labute approximate surface area is 136 Å². The summed E-state index contributed by atoms with van der Waals surface area (Å²) in [5, 5.41) is 0. The summed E-state index contributed by atoms with van der Waals surface area (Å²) < 4.78 is 0. The fourth-order valence-electron chi connectivity index (χ4n) is 7.25. The van der Waals surface area contributed by atoms with E-state index in [4.69, 9.17) is 0 Å². The van der Waals surface area contributed by atoms with Crippen molar-refractivity contribution in [2.24, 2.45) is 34.5 Å².